The standard InChI is InChI=1S/C20H28N4O3.ClH/c1-3-23(14-19(25)26)17-9-11-24(12-10-17)15(2)20-21-18(22-27-20)13-16-7-5-4-6-8-16;/h4-8,15,17H,3,9-14H2,1-2H3,(H,25,26);1H. The number of nitrogens with zero attached hydrogens (tertiary/aromatic N) is 4. The first kappa shape index (κ1) is 22.3. The van der Waals surface area contributed by atoms with E-state index in [0.717, 1.165) is 38.0 Å². The molecule has 1 fully saturated rings. The summed E-state index contributed by atoms with van der Waals surface area (Å²) >= 11 is 0. The average molecular weight is 409 g/mol. The zero-order valence-electron chi connectivity index (χ0n) is 16.5. The van der Waals surface area contributed by atoms with Gasteiger partial charge in [0.1, 0.15) is 0 Å². The van der Waals surface area contributed by atoms with E-state index >= 15 is 0 Å². The molecule has 1 aliphatic heterocycles. The zero-order chi connectivity index (χ0) is 19.2. The van der Waals surface area contributed by atoms with E-state index in [2.05, 4.69) is 39.0 Å². The minimum absolute atomic E-state index is 0. The van der Waals surface area contributed by atoms with Crippen molar-refractivity contribution in [3.8, 4) is 0 Å². The lowest BCUT2D eigenvalue weighted by Gasteiger charge is -2.39. The van der Waals surface area contributed by atoms with Gasteiger partial charge in [0.05, 0.1) is 12.6 Å². The molecule has 3 rings (SSSR count). The van der Waals surface area contributed by atoms with Crippen LogP contribution in [0.25, 0.3) is 0 Å². The highest BCUT2D eigenvalue weighted by Gasteiger charge is 2.29. The number of piperidine rings is 1. The van der Waals surface area contributed by atoms with Crippen LogP contribution in [0.3, 0.4) is 0 Å². The van der Waals surface area contributed by atoms with Gasteiger partial charge in [0, 0.05) is 25.6 Å². The molecule has 0 aliphatic carbocycles. The monoisotopic (exact) mass is 408 g/mol. The first-order chi connectivity index (χ1) is 13.1. The number of benzene rings is 1. The van der Waals surface area contributed by atoms with E-state index in [1.54, 1.807) is 0 Å². The van der Waals surface area contributed by atoms with E-state index in [0.29, 0.717) is 24.2 Å². The van der Waals surface area contributed by atoms with Gasteiger partial charge in [-0.2, -0.15) is 4.98 Å². The van der Waals surface area contributed by atoms with Crippen LogP contribution in [0.2, 0.25) is 0 Å². The summed E-state index contributed by atoms with van der Waals surface area (Å²) in [6.45, 7) is 6.79. The number of aliphatic carboxylic acids is 1. The van der Waals surface area contributed by atoms with Crippen LogP contribution in [-0.4, -0.2) is 63.2 Å². The number of likely N-dealkylation sites (N-methyl/N-ethyl adjacent to an activating group) is 1. The van der Waals surface area contributed by atoms with Gasteiger partial charge < -0.3 is 9.63 Å². The van der Waals surface area contributed by atoms with E-state index in [9.17, 15) is 4.79 Å². The van der Waals surface area contributed by atoms with Gasteiger partial charge in [-0.1, -0.05) is 42.4 Å². The van der Waals surface area contributed by atoms with Crippen LogP contribution in [0.1, 0.15) is 50.0 Å². The minimum Gasteiger partial charge on any atom is -0.480 e. The van der Waals surface area contributed by atoms with E-state index in [1.807, 2.05) is 25.1 Å². The first-order valence-electron chi connectivity index (χ1n) is 9.63. The van der Waals surface area contributed by atoms with Gasteiger partial charge >= 0.3 is 5.97 Å². The van der Waals surface area contributed by atoms with Gasteiger partial charge in [0.2, 0.25) is 5.89 Å². The smallest absolute Gasteiger partial charge is 0.317 e. The predicted octanol–water partition coefficient (Wildman–Crippen LogP) is 3.01. The highest BCUT2D eigenvalue weighted by atomic mass is 35.5. The summed E-state index contributed by atoms with van der Waals surface area (Å²) in [5.41, 5.74) is 1.16. The highest BCUT2D eigenvalue weighted by Crippen LogP contribution is 2.25. The molecule has 1 aliphatic rings. The summed E-state index contributed by atoms with van der Waals surface area (Å²) in [7, 11) is 0. The number of carbonyl (C=O) groups is 1. The lowest BCUT2D eigenvalue weighted by Crippen LogP contribution is -2.47. The van der Waals surface area contributed by atoms with Crippen LogP contribution >= 0.6 is 12.4 Å². The Bertz CT molecular complexity index is 732. The average Bonchev–Trinajstić information content (AvgIpc) is 3.15. The Morgan fingerprint density at radius 3 is 2.61 bits per heavy atom. The maximum atomic E-state index is 11.0. The second-order valence-electron chi connectivity index (χ2n) is 7.11. The molecule has 1 saturated heterocycles. The summed E-state index contributed by atoms with van der Waals surface area (Å²) in [6.07, 6.45) is 2.58. The molecule has 154 valence electrons. The third-order valence-electron chi connectivity index (χ3n) is 5.35. The molecular formula is C20H29ClN4O3. The molecule has 28 heavy (non-hydrogen) atoms. The Labute approximate surface area is 172 Å². The molecule has 0 spiro atoms. The molecule has 0 saturated carbocycles. The summed E-state index contributed by atoms with van der Waals surface area (Å²) in [4.78, 5) is 20.0. The van der Waals surface area contributed by atoms with Crippen LogP contribution in [0.5, 0.6) is 0 Å². The molecule has 2 heterocycles. The fourth-order valence-corrected chi connectivity index (χ4v) is 3.75. The maximum Gasteiger partial charge on any atom is 0.317 e. The van der Waals surface area contributed by atoms with Crippen molar-refractivity contribution >= 4 is 18.4 Å². The van der Waals surface area contributed by atoms with Crippen molar-refractivity contribution in [1.82, 2.24) is 19.9 Å². The molecule has 1 unspecified atom stereocenters. The van der Waals surface area contributed by atoms with Crippen molar-refractivity contribution in [2.75, 3.05) is 26.2 Å². The summed E-state index contributed by atoms with van der Waals surface area (Å²) in [6, 6.07) is 10.5. The number of rotatable bonds is 8. The SMILES string of the molecule is CCN(CC(=O)O)C1CCN(C(C)c2nc(Cc3ccccc3)no2)CC1.Cl. The van der Waals surface area contributed by atoms with Crippen LogP contribution in [0.15, 0.2) is 34.9 Å². The second kappa shape index (κ2) is 10.5. The van der Waals surface area contributed by atoms with E-state index < -0.39 is 5.97 Å². The molecule has 1 aromatic carbocycles. The Kier molecular flexibility index (Phi) is 8.41. The minimum atomic E-state index is -0.760. The topological polar surface area (TPSA) is 82.7 Å². The van der Waals surface area contributed by atoms with Gasteiger partial charge in [-0.3, -0.25) is 14.6 Å². The van der Waals surface area contributed by atoms with Crippen molar-refractivity contribution in [3.63, 3.8) is 0 Å². The van der Waals surface area contributed by atoms with Crippen LogP contribution in [0, 0.1) is 0 Å². The first-order valence-corrected chi connectivity index (χ1v) is 9.63. The van der Waals surface area contributed by atoms with E-state index in [4.69, 9.17) is 9.63 Å². The molecular weight excluding hydrogens is 380 g/mol. The van der Waals surface area contributed by atoms with Crippen molar-refractivity contribution in [1.29, 1.82) is 0 Å². The fourth-order valence-electron chi connectivity index (χ4n) is 3.75. The van der Waals surface area contributed by atoms with Crippen LogP contribution < -0.4 is 0 Å². The van der Waals surface area contributed by atoms with Crippen molar-refractivity contribution in [3.05, 3.63) is 47.6 Å². The summed E-state index contributed by atoms with van der Waals surface area (Å²) < 4.78 is 5.51. The Balaban J connectivity index is 0.00000280. The largest absolute Gasteiger partial charge is 0.480 e. The van der Waals surface area contributed by atoms with Crippen LogP contribution in [-0.2, 0) is 11.2 Å². The molecule has 0 bridgehead atoms. The molecule has 0 amide bonds. The Hall–Kier alpha value is -1.96. The second-order valence-corrected chi connectivity index (χ2v) is 7.11. The van der Waals surface area contributed by atoms with Crippen molar-refractivity contribution in [2.45, 2.75) is 45.2 Å². The third-order valence-corrected chi connectivity index (χ3v) is 5.35. The van der Waals surface area contributed by atoms with Crippen molar-refractivity contribution in [2.24, 2.45) is 0 Å². The molecule has 1 aromatic heterocycles. The number of halogens is 1. The third kappa shape index (κ3) is 5.77. The fraction of sp³-hybridized carbons (Fsp3) is 0.550. The zero-order valence-corrected chi connectivity index (χ0v) is 17.3. The van der Waals surface area contributed by atoms with Crippen LogP contribution in [0.4, 0.5) is 0 Å². The number of carboxylic acids is 1. The van der Waals surface area contributed by atoms with Gasteiger partial charge in [0.25, 0.3) is 0 Å². The number of aromatic nitrogens is 2. The molecule has 7 nitrogen and oxygen atoms in total. The van der Waals surface area contributed by atoms with Gasteiger partial charge in [-0.25, -0.2) is 0 Å². The molecule has 8 heteroatoms. The van der Waals surface area contributed by atoms with Crippen molar-refractivity contribution < 1.29 is 14.4 Å². The normalized spacial score (nSPS) is 16.7. The number of hydrogen-bond donors (Lipinski definition) is 1. The molecule has 1 N–H and O–H groups in total. The van der Waals surface area contributed by atoms with Gasteiger partial charge in [0.15, 0.2) is 5.82 Å². The van der Waals surface area contributed by atoms with Gasteiger partial charge in [-0.15, -0.1) is 12.4 Å². The highest BCUT2D eigenvalue weighted by molar-refractivity contribution is 5.85. The predicted molar refractivity (Wildman–Crippen MR) is 109 cm³/mol. The van der Waals surface area contributed by atoms with Gasteiger partial charge in [-0.05, 0) is 31.9 Å². The Morgan fingerprint density at radius 1 is 1.32 bits per heavy atom. The summed E-state index contributed by atoms with van der Waals surface area (Å²) in [5, 5.41) is 13.2. The Morgan fingerprint density at radius 2 is 2.00 bits per heavy atom. The number of hydrogen-bond acceptors (Lipinski definition) is 6. The summed E-state index contributed by atoms with van der Waals surface area (Å²) in [5.74, 6) is 0.596. The lowest BCUT2D eigenvalue weighted by atomic mass is 10.0. The van der Waals surface area contributed by atoms with E-state index in [1.165, 1.54) is 0 Å². The lowest BCUT2D eigenvalue weighted by molar-refractivity contribution is -0.139. The number of carboxylic acid groups (broad SMARTS) is 1. The van der Waals surface area contributed by atoms with E-state index in [-0.39, 0.29) is 25.0 Å². The maximum absolute atomic E-state index is 11.0. The molecule has 0 radical (unpaired) electrons. The molecule has 2 aromatic rings. The number of likely N-dealkylation sites (tertiary alicyclic amines) is 1. The molecule has 1 atom stereocenters. The quantitative estimate of drug-likeness (QED) is 0.718.